The first-order valence-electron chi connectivity index (χ1n) is 6.39. The van der Waals surface area contributed by atoms with Crippen LogP contribution in [0.3, 0.4) is 0 Å². The van der Waals surface area contributed by atoms with Crippen molar-refractivity contribution in [3.05, 3.63) is 34.9 Å². The Morgan fingerprint density at radius 3 is 2.29 bits per heavy atom. The molecule has 0 fully saturated rings. The van der Waals surface area contributed by atoms with Crippen molar-refractivity contribution < 1.29 is 10.2 Å². The van der Waals surface area contributed by atoms with Crippen molar-refractivity contribution >= 4 is 0 Å². The smallest absolute Gasteiger partial charge is 0.0804 e. The summed E-state index contributed by atoms with van der Waals surface area (Å²) in [5.41, 5.74) is 3.78. The highest BCUT2D eigenvalue weighted by Gasteiger charge is 2.19. The zero-order valence-corrected chi connectivity index (χ0v) is 11.3. The van der Waals surface area contributed by atoms with Crippen LogP contribution in [0.1, 0.15) is 49.3 Å². The van der Waals surface area contributed by atoms with Gasteiger partial charge in [-0.25, -0.2) is 0 Å². The van der Waals surface area contributed by atoms with Crippen molar-refractivity contribution in [2.75, 3.05) is 0 Å². The molecule has 0 aromatic heterocycles. The van der Waals surface area contributed by atoms with Crippen LogP contribution in [0.25, 0.3) is 0 Å². The Kier molecular flexibility index (Phi) is 5.16. The van der Waals surface area contributed by atoms with Crippen LogP contribution < -0.4 is 0 Å². The number of aliphatic hydroxyl groups is 2. The SMILES string of the molecule is CCC(O)C(O)CC(C)c1ccc(C)cc1C. The van der Waals surface area contributed by atoms with Crippen molar-refractivity contribution in [3.8, 4) is 0 Å². The summed E-state index contributed by atoms with van der Waals surface area (Å²) in [6.45, 7) is 8.16. The van der Waals surface area contributed by atoms with Crippen LogP contribution in [0, 0.1) is 13.8 Å². The molecule has 0 aliphatic heterocycles. The lowest BCUT2D eigenvalue weighted by Crippen LogP contribution is -2.26. The van der Waals surface area contributed by atoms with Gasteiger partial charge < -0.3 is 10.2 Å². The highest BCUT2D eigenvalue weighted by atomic mass is 16.3. The van der Waals surface area contributed by atoms with Crippen LogP contribution in [0.2, 0.25) is 0 Å². The van der Waals surface area contributed by atoms with E-state index in [1.165, 1.54) is 16.7 Å². The summed E-state index contributed by atoms with van der Waals surface area (Å²) in [4.78, 5) is 0. The topological polar surface area (TPSA) is 40.5 Å². The molecule has 1 aromatic rings. The fourth-order valence-electron chi connectivity index (χ4n) is 2.30. The van der Waals surface area contributed by atoms with Crippen molar-refractivity contribution in [2.24, 2.45) is 0 Å². The third kappa shape index (κ3) is 3.83. The average molecular weight is 236 g/mol. The highest BCUT2D eigenvalue weighted by molar-refractivity contribution is 5.32. The number of benzene rings is 1. The maximum absolute atomic E-state index is 9.84. The van der Waals surface area contributed by atoms with Crippen LogP contribution in [0.4, 0.5) is 0 Å². The zero-order chi connectivity index (χ0) is 13.0. The molecule has 1 rings (SSSR count). The molecule has 0 heterocycles. The summed E-state index contributed by atoms with van der Waals surface area (Å²) in [5.74, 6) is 0.270. The Labute approximate surface area is 104 Å². The van der Waals surface area contributed by atoms with E-state index >= 15 is 0 Å². The lowest BCUT2D eigenvalue weighted by molar-refractivity contribution is 0.00951. The molecule has 17 heavy (non-hydrogen) atoms. The van der Waals surface area contributed by atoms with Gasteiger partial charge in [0.2, 0.25) is 0 Å². The van der Waals surface area contributed by atoms with Crippen LogP contribution in [-0.2, 0) is 0 Å². The van der Waals surface area contributed by atoms with Crippen molar-refractivity contribution in [1.29, 1.82) is 0 Å². The van der Waals surface area contributed by atoms with Crippen molar-refractivity contribution in [3.63, 3.8) is 0 Å². The Morgan fingerprint density at radius 1 is 1.12 bits per heavy atom. The third-order valence-corrected chi connectivity index (χ3v) is 3.41. The minimum absolute atomic E-state index is 0.270. The summed E-state index contributed by atoms with van der Waals surface area (Å²) in [5, 5.41) is 19.4. The van der Waals surface area contributed by atoms with E-state index in [-0.39, 0.29) is 5.92 Å². The number of hydrogen-bond donors (Lipinski definition) is 2. The quantitative estimate of drug-likeness (QED) is 0.825. The van der Waals surface area contributed by atoms with E-state index in [1.807, 2.05) is 6.92 Å². The summed E-state index contributed by atoms with van der Waals surface area (Å²) < 4.78 is 0. The molecular weight excluding hydrogens is 212 g/mol. The van der Waals surface area contributed by atoms with Gasteiger partial charge in [-0.2, -0.15) is 0 Å². The van der Waals surface area contributed by atoms with Gasteiger partial charge in [0.05, 0.1) is 12.2 Å². The van der Waals surface area contributed by atoms with Gasteiger partial charge in [-0.15, -0.1) is 0 Å². The summed E-state index contributed by atoms with van der Waals surface area (Å²) in [7, 11) is 0. The van der Waals surface area contributed by atoms with Crippen molar-refractivity contribution in [1.82, 2.24) is 0 Å². The van der Waals surface area contributed by atoms with E-state index in [2.05, 4.69) is 39.0 Å². The molecule has 2 N–H and O–H groups in total. The maximum atomic E-state index is 9.84. The first-order valence-corrected chi connectivity index (χ1v) is 6.39. The summed E-state index contributed by atoms with van der Waals surface area (Å²) in [6, 6.07) is 6.39. The van der Waals surface area contributed by atoms with E-state index in [0.717, 1.165) is 0 Å². The van der Waals surface area contributed by atoms with Gasteiger partial charge in [-0.1, -0.05) is 37.6 Å². The van der Waals surface area contributed by atoms with Crippen LogP contribution in [0.5, 0.6) is 0 Å². The fourth-order valence-corrected chi connectivity index (χ4v) is 2.30. The van der Waals surface area contributed by atoms with E-state index in [1.54, 1.807) is 0 Å². The lowest BCUT2D eigenvalue weighted by atomic mass is 9.89. The van der Waals surface area contributed by atoms with E-state index in [0.29, 0.717) is 12.8 Å². The molecule has 0 saturated carbocycles. The molecule has 96 valence electrons. The number of aliphatic hydroxyl groups excluding tert-OH is 2. The van der Waals surface area contributed by atoms with Crippen molar-refractivity contribution in [2.45, 2.75) is 58.7 Å². The molecule has 0 aliphatic carbocycles. The Bertz CT molecular complexity index is 360. The molecule has 0 amide bonds. The number of hydrogen-bond acceptors (Lipinski definition) is 2. The predicted molar refractivity (Wildman–Crippen MR) is 71.3 cm³/mol. The second-order valence-electron chi connectivity index (χ2n) is 5.04. The molecule has 0 saturated heterocycles. The highest BCUT2D eigenvalue weighted by Crippen LogP contribution is 2.25. The minimum Gasteiger partial charge on any atom is -0.390 e. The molecule has 3 atom stereocenters. The Balaban J connectivity index is 2.72. The third-order valence-electron chi connectivity index (χ3n) is 3.41. The number of aryl methyl sites for hydroxylation is 2. The number of rotatable bonds is 5. The largest absolute Gasteiger partial charge is 0.390 e. The Morgan fingerprint density at radius 2 is 1.76 bits per heavy atom. The first-order chi connectivity index (χ1) is 7.95. The van der Waals surface area contributed by atoms with Crippen LogP contribution >= 0.6 is 0 Å². The summed E-state index contributed by atoms with van der Waals surface area (Å²) >= 11 is 0. The van der Waals surface area contributed by atoms with Gasteiger partial charge >= 0.3 is 0 Å². The second-order valence-corrected chi connectivity index (χ2v) is 5.04. The molecule has 0 radical (unpaired) electrons. The van der Waals surface area contributed by atoms with Gasteiger partial charge in [0, 0.05) is 0 Å². The van der Waals surface area contributed by atoms with Crippen LogP contribution in [-0.4, -0.2) is 22.4 Å². The van der Waals surface area contributed by atoms with E-state index in [4.69, 9.17) is 0 Å². The molecule has 3 unspecified atom stereocenters. The maximum Gasteiger partial charge on any atom is 0.0804 e. The fraction of sp³-hybridized carbons (Fsp3) is 0.600. The molecule has 0 bridgehead atoms. The predicted octanol–water partition coefficient (Wildman–Crippen LogP) is 2.93. The minimum atomic E-state index is -0.629. The molecule has 0 aliphatic rings. The van der Waals surface area contributed by atoms with Crippen LogP contribution in [0.15, 0.2) is 18.2 Å². The van der Waals surface area contributed by atoms with Gasteiger partial charge in [0.25, 0.3) is 0 Å². The molecular formula is C15H24O2. The van der Waals surface area contributed by atoms with E-state index in [9.17, 15) is 10.2 Å². The lowest BCUT2D eigenvalue weighted by Gasteiger charge is -2.22. The molecule has 1 aromatic carbocycles. The molecule has 2 nitrogen and oxygen atoms in total. The van der Waals surface area contributed by atoms with Gasteiger partial charge in [0.1, 0.15) is 0 Å². The average Bonchev–Trinajstić information content (AvgIpc) is 2.27. The monoisotopic (exact) mass is 236 g/mol. The normalized spacial score (nSPS) is 16.6. The first kappa shape index (κ1) is 14.2. The van der Waals surface area contributed by atoms with E-state index < -0.39 is 12.2 Å². The van der Waals surface area contributed by atoms with Gasteiger partial charge in [-0.05, 0) is 43.7 Å². The zero-order valence-electron chi connectivity index (χ0n) is 11.3. The molecule has 2 heteroatoms. The van der Waals surface area contributed by atoms with Gasteiger partial charge in [-0.3, -0.25) is 0 Å². The standard InChI is InChI=1S/C15H24O2/c1-5-14(16)15(17)9-12(4)13-7-6-10(2)8-11(13)3/h6-8,12,14-17H,5,9H2,1-4H3. The Hall–Kier alpha value is -0.860. The van der Waals surface area contributed by atoms with Gasteiger partial charge in [0.15, 0.2) is 0 Å². The second kappa shape index (κ2) is 6.18. The molecule has 0 spiro atoms. The summed E-state index contributed by atoms with van der Waals surface area (Å²) in [6.07, 6.45) is -0.0291.